The summed E-state index contributed by atoms with van der Waals surface area (Å²) in [6, 6.07) is 12.0. The van der Waals surface area contributed by atoms with Crippen molar-refractivity contribution < 1.29 is 8.63 Å². The highest BCUT2D eigenvalue weighted by Gasteiger charge is 2.22. The maximum atomic E-state index is 13.5. The zero-order valence-corrected chi connectivity index (χ0v) is 17.0. The summed E-state index contributed by atoms with van der Waals surface area (Å²) in [5.41, 5.74) is -1.09. The Hall–Kier alpha value is -3.59. The van der Waals surface area contributed by atoms with Crippen molar-refractivity contribution in [2.24, 2.45) is 0 Å². The van der Waals surface area contributed by atoms with Crippen molar-refractivity contribution in [2.75, 3.05) is 6.26 Å². The molecule has 0 aliphatic heterocycles. The third-order valence-corrected chi connectivity index (χ3v) is 5.77. The lowest BCUT2D eigenvalue weighted by Gasteiger charge is -2.18. The van der Waals surface area contributed by atoms with Crippen LogP contribution in [0.15, 0.2) is 84.7 Å². The third-order valence-electron chi connectivity index (χ3n) is 4.86. The quantitative estimate of drug-likeness (QED) is 0.496. The number of nitrogens with zero attached hydrogens (tertiary/aromatic N) is 3. The van der Waals surface area contributed by atoms with Crippen LogP contribution in [0.1, 0.15) is 18.5 Å². The standard InChI is InChI=1S/C21H17N3O5S/c1-13(16-9-5-11-29-20(16)26)23-19(25)17-8-4-10-22-18(17)24(21(23)27)14-6-3-7-15(12-14)30(2)28/h3-13H,1-2H3. The molecule has 3 aromatic heterocycles. The van der Waals surface area contributed by atoms with E-state index in [-0.39, 0.29) is 16.6 Å². The topological polar surface area (TPSA) is 104 Å². The molecular weight excluding hydrogens is 406 g/mol. The Morgan fingerprint density at radius 2 is 1.87 bits per heavy atom. The van der Waals surface area contributed by atoms with Crippen molar-refractivity contribution in [3.63, 3.8) is 0 Å². The lowest BCUT2D eigenvalue weighted by Crippen LogP contribution is -2.42. The average molecular weight is 423 g/mol. The maximum absolute atomic E-state index is 13.5. The van der Waals surface area contributed by atoms with Crippen LogP contribution < -0.4 is 16.9 Å². The molecule has 9 heteroatoms. The van der Waals surface area contributed by atoms with E-state index < -0.39 is 33.7 Å². The van der Waals surface area contributed by atoms with Crippen molar-refractivity contribution in [1.82, 2.24) is 14.1 Å². The summed E-state index contributed by atoms with van der Waals surface area (Å²) >= 11 is 0. The second kappa shape index (κ2) is 7.68. The van der Waals surface area contributed by atoms with E-state index in [4.69, 9.17) is 4.42 Å². The summed E-state index contributed by atoms with van der Waals surface area (Å²) in [6.45, 7) is 1.58. The fourth-order valence-electron chi connectivity index (χ4n) is 3.36. The van der Waals surface area contributed by atoms with E-state index in [1.807, 2.05) is 0 Å². The Morgan fingerprint density at radius 1 is 1.07 bits per heavy atom. The van der Waals surface area contributed by atoms with Crippen LogP contribution in [0.4, 0.5) is 0 Å². The lowest BCUT2D eigenvalue weighted by molar-refractivity contribution is 0.476. The molecule has 0 N–H and O–H groups in total. The second-order valence-electron chi connectivity index (χ2n) is 6.65. The van der Waals surface area contributed by atoms with Crippen LogP contribution in [0.3, 0.4) is 0 Å². The normalized spacial score (nSPS) is 13.3. The van der Waals surface area contributed by atoms with Crippen LogP contribution in [0.2, 0.25) is 0 Å². The molecule has 2 unspecified atom stereocenters. The molecule has 0 saturated carbocycles. The molecule has 0 bridgehead atoms. The Labute approximate surface area is 172 Å². The SMILES string of the molecule is CC(c1cccoc1=O)n1c(=O)c2cccnc2n(-c2cccc(S(C)=O)c2)c1=O. The highest BCUT2D eigenvalue weighted by Crippen LogP contribution is 2.17. The van der Waals surface area contributed by atoms with E-state index in [0.29, 0.717) is 10.6 Å². The van der Waals surface area contributed by atoms with E-state index in [0.717, 1.165) is 4.57 Å². The van der Waals surface area contributed by atoms with E-state index in [1.165, 1.54) is 35.4 Å². The van der Waals surface area contributed by atoms with E-state index in [2.05, 4.69) is 4.98 Å². The molecule has 0 fully saturated rings. The van der Waals surface area contributed by atoms with Crippen molar-refractivity contribution in [3.05, 3.63) is 97.8 Å². The smallest absolute Gasteiger partial charge is 0.340 e. The molecule has 152 valence electrons. The van der Waals surface area contributed by atoms with E-state index >= 15 is 0 Å². The van der Waals surface area contributed by atoms with Crippen LogP contribution >= 0.6 is 0 Å². The van der Waals surface area contributed by atoms with Gasteiger partial charge in [0, 0.05) is 28.1 Å². The van der Waals surface area contributed by atoms with E-state index in [1.54, 1.807) is 43.3 Å². The molecule has 0 aliphatic carbocycles. The van der Waals surface area contributed by atoms with Gasteiger partial charge in [-0.15, -0.1) is 0 Å². The Kier molecular flexibility index (Phi) is 5.04. The first-order valence-electron chi connectivity index (χ1n) is 9.04. The van der Waals surface area contributed by atoms with Gasteiger partial charge in [0.15, 0.2) is 5.65 Å². The molecule has 30 heavy (non-hydrogen) atoms. The molecule has 0 radical (unpaired) electrons. The molecule has 3 heterocycles. The Balaban J connectivity index is 2.10. The monoisotopic (exact) mass is 423 g/mol. The number of benzene rings is 1. The third kappa shape index (κ3) is 3.22. The first kappa shape index (κ1) is 19.7. The van der Waals surface area contributed by atoms with Gasteiger partial charge >= 0.3 is 11.3 Å². The first-order chi connectivity index (χ1) is 14.4. The first-order valence-corrected chi connectivity index (χ1v) is 10.6. The second-order valence-corrected chi connectivity index (χ2v) is 8.03. The number of rotatable bonds is 4. The predicted molar refractivity (Wildman–Crippen MR) is 113 cm³/mol. The van der Waals surface area contributed by atoms with Gasteiger partial charge in [0.25, 0.3) is 5.56 Å². The van der Waals surface area contributed by atoms with Gasteiger partial charge in [-0.3, -0.25) is 13.6 Å². The lowest BCUT2D eigenvalue weighted by atomic mass is 10.1. The van der Waals surface area contributed by atoms with Crippen LogP contribution in [-0.4, -0.2) is 24.6 Å². The number of hydrogen-bond donors (Lipinski definition) is 0. The summed E-state index contributed by atoms with van der Waals surface area (Å²) in [7, 11) is -1.26. The van der Waals surface area contributed by atoms with Gasteiger partial charge in [-0.05, 0) is 49.4 Å². The minimum absolute atomic E-state index is 0.176. The molecule has 4 aromatic rings. The maximum Gasteiger partial charge on any atom is 0.340 e. The number of hydrogen-bond acceptors (Lipinski definition) is 6. The molecule has 0 spiro atoms. The molecule has 8 nitrogen and oxygen atoms in total. The average Bonchev–Trinajstić information content (AvgIpc) is 2.74. The molecular formula is C21H17N3O5S. The Bertz CT molecular complexity index is 1470. The summed E-state index contributed by atoms with van der Waals surface area (Å²) in [6.07, 6.45) is 4.26. The van der Waals surface area contributed by atoms with Crippen LogP contribution in [-0.2, 0) is 10.8 Å². The summed E-state index contributed by atoms with van der Waals surface area (Å²) in [5, 5.41) is 0.215. The van der Waals surface area contributed by atoms with Gasteiger partial charge in [-0.1, -0.05) is 6.07 Å². The van der Waals surface area contributed by atoms with Crippen LogP contribution in [0.25, 0.3) is 16.7 Å². The van der Waals surface area contributed by atoms with Crippen molar-refractivity contribution >= 4 is 21.8 Å². The van der Waals surface area contributed by atoms with Crippen LogP contribution in [0.5, 0.6) is 0 Å². The predicted octanol–water partition coefficient (Wildman–Crippen LogP) is 1.85. The molecule has 0 aliphatic rings. The molecule has 4 rings (SSSR count). The van der Waals surface area contributed by atoms with E-state index in [9.17, 15) is 18.6 Å². The number of fused-ring (bicyclic) bond motifs is 1. The summed E-state index contributed by atoms with van der Waals surface area (Å²) in [4.78, 5) is 43.6. The number of pyridine rings is 1. The molecule has 1 aromatic carbocycles. The van der Waals surface area contributed by atoms with Gasteiger partial charge in [-0.25, -0.2) is 19.1 Å². The highest BCUT2D eigenvalue weighted by atomic mass is 32.2. The fourth-order valence-corrected chi connectivity index (χ4v) is 3.92. The largest absolute Gasteiger partial charge is 0.431 e. The highest BCUT2D eigenvalue weighted by molar-refractivity contribution is 7.84. The van der Waals surface area contributed by atoms with Crippen LogP contribution in [0, 0.1) is 0 Å². The zero-order valence-electron chi connectivity index (χ0n) is 16.1. The van der Waals surface area contributed by atoms with Crippen molar-refractivity contribution in [3.8, 4) is 5.69 Å². The number of aromatic nitrogens is 3. The minimum Gasteiger partial charge on any atom is -0.431 e. The van der Waals surface area contributed by atoms with Gasteiger partial charge in [-0.2, -0.15) is 0 Å². The summed E-state index contributed by atoms with van der Waals surface area (Å²) < 4.78 is 19.1. The van der Waals surface area contributed by atoms with Gasteiger partial charge in [0.2, 0.25) is 0 Å². The molecule has 0 saturated heterocycles. The van der Waals surface area contributed by atoms with Gasteiger partial charge < -0.3 is 4.42 Å². The van der Waals surface area contributed by atoms with Gasteiger partial charge in [0.1, 0.15) is 0 Å². The Morgan fingerprint density at radius 3 is 2.60 bits per heavy atom. The van der Waals surface area contributed by atoms with Gasteiger partial charge in [0.05, 0.1) is 28.9 Å². The summed E-state index contributed by atoms with van der Waals surface area (Å²) in [5.74, 6) is 0. The molecule has 0 amide bonds. The van der Waals surface area contributed by atoms with Crippen molar-refractivity contribution in [1.29, 1.82) is 0 Å². The minimum atomic E-state index is -1.26. The zero-order chi connectivity index (χ0) is 21.4. The molecule has 2 atom stereocenters. The fraction of sp³-hybridized carbons (Fsp3) is 0.143. The van der Waals surface area contributed by atoms with Crippen molar-refractivity contribution in [2.45, 2.75) is 17.9 Å².